The van der Waals surface area contributed by atoms with Gasteiger partial charge >= 0.3 is 0 Å². The molecular formula is C28H44FeOP2-6. The second-order valence-corrected chi connectivity index (χ2v) is 14.8. The second kappa shape index (κ2) is 15.0. The van der Waals surface area contributed by atoms with Gasteiger partial charge in [0.05, 0.1) is 7.14 Å². The van der Waals surface area contributed by atoms with E-state index in [9.17, 15) is 4.57 Å². The van der Waals surface area contributed by atoms with Crippen molar-refractivity contribution in [1.82, 2.24) is 0 Å². The summed E-state index contributed by atoms with van der Waals surface area (Å²) >= 11 is 0. The first-order chi connectivity index (χ1) is 15.2. The van der Waals surface area contributed by atoms with E-state index in [1.54, 1.807) is 0 Å². The Kier molecular flexibility index (Phi) is 13.2. The van der Waals surface area contributed by atoms with E-state index in [1.165, 1.54) is 94.1 Å². The largest absolute Gasteiger partial charge is 0.748 e. The maximum atomic E-state index is 14.8. The molecule has 1 nitrogen and oxygen atoms in total. The predicted molar refractivity (Wildman–Crippen MR) is 142 cm³/mol. The molecule has 0 spiro atoms. The van der Waals surface area contributed by atoms with Crippen molar-refractivity contribution in [3.63, 3.8) is 0 Å². The molecule has 0 amide bonds. The zero-order valence-corrected chi connectivity index (χ0v) is 23.3. The molecule has 2 aromatic rings. The van der Waals surface area contributed by atoms with Crippen LogP contribution in [0.2, 0.25) is 0 Å². The van der Waals surface area contributed by atoms with E-state index in [-0.39, 0.29) is 17.1 Å². The summed E-state index contributed by atoms with van der Waals surface area (Å²) in [6.07, 6.45) is 16.7. The average molecular weight is 514 g/mol. The van der Waals surface area contributed by atoms with Gasteiger partial charge in [0.25, 0.3) is 0 Å². The quantitative estimate of drug-likeness (QED) is 0.149. The first-order valence-electron chi connectivity index (χ1n) is 12.9. The van der Waals surface area contributed by atoms with Crippen LogP contribution in [0.3, 0.4) is 0 Å². The fraction of sp³-hybridized carbons (Fsp3) is 0.643. The van der Waals surface area contributed by atoms with Crippen molar-refractivity contribution in [3.8, 4) is 0 Å². The third-order valence-corrected chi connectivity index (χ3v) is 13.4. The topological polar surface area (TPSA) is 17.1 Å². The van der Waals surface area contributed by atoms with Crippen LogP contribution in [0.15, 0.2) is 48.5 Å². The molecule has 0 aromatic heterocycles. The molecule has 2 aliphatic carbocycles. The molecule has 0 saturated heterocycles. The Morgan fingerprint density at radius 2 is 1.47 bits per heavy atom. The van der Waals surface area contributed by atoms with E-state index >= 15 is 0 Å². The third-order valence-electron chi connectivity index (χ3n) is 7.44. The van der Waals surface area contributed by atoms with Gasteiger partial charge in [0.15, 0.2) is 0 Å². The average Bonchev–Trinajstić information content (AvgIpc) is 3.55. The van der Waals surface area contributed by atoms with Crippen LogP contribution in [0.25, 0.3) is 0 Å². The van der Waals surface area contributed by atoms with Gasteiger partial charge < -0.3 is 34.9 Å². The smallest absolute Gasteiger partial charge is 0.0976 e. The molecule has 2 unspecified atom stereocenters. The number of hydrogen-bond donors (Lipinski definition) is 0. The van der Waals surface area contributed by atoms with Crippen molar-refractivity contribution >= 4 is 21.0 Å². The van der Waals surface area contributed by atoms with Crippen LogP contribution in [0.5, 0.6) is 0 Å². The summed E-state index contributed by atoms with van der Waals surface area (Å²) in [4.78, 5) is 0. The van der Waals surface area contributed by atoms with Crippen LogP contribution in [0.1, 0.15) is 102 Å². The van der Waals surface area contributed by atoms with Crippen molar-refractivity contribution in [2.45, 2.75) is 108 Å². The van der Waals surface area contributed by atoms with Gasteiger partial charge in [-0.1, -0.05) is 58.8 Å². The van der Waals surface area contributed by atoms with Crippen molar-refractivity contribution < 1.29 is 21.6 Å². The van der Waals surface area contributed by atoms with Gasteiger partial charge in [-0.3, -0.25) is 0 Å². The molecule has 32 heavy (non-hydrogen) atoms. The molecule has 0 N–H and O–H groups in total. The van der Waals surface area contributed by atoms with Crippen LogP contribution in [0, 0.1) is 0 Å². The van der Waals surface area contributed by atoms with E-state index in [4.69, 9.17) is 0 Å². The Hall–Kier alpha value is -0.121. The Morgan fingerprint density at radius 3 is 1.94 bits per heavy atom. The molecule has 2 atom stereocenters. The zero-order chi connectivity index (χ0) is 21.9. The molecule has 186 valence electrons. The second-order valence-electron chi connectivity index (χ2n) is 9.65. The number of hydrogen-bond acceptors (Lipinski definition) is 1. The Balaban J connectivity index is 0.000000534. The molecule has 0 aliphatic heterocycles. The van der Waals surface area contributed by atoms with Gasteiger partial charge in [0.2, 0.25) is 0 Å². The van der Waals surface area contributed by atoms with Gasteiger partial charge in [-0.15, -0.1) is 19.4 Å². The maximum Gasteiger partial charge on any atom is 0.0976 e. The van der Waals surface area contributed by atoms with Crippen molar-refractivity contribution in [1.29, 1.82) is 0 Å². The van der Waals surface area contributed by atoms with Crippen LogP contribution >= 0.6 is 15.7 Å². The standard InChI is InChI=1S/C23H39OP2.C5H5.Fe/c1-3-4-18-25-19(2)22-16-11-17-23(22)26(24,20-12-7-5-8-13-20)21-14-9-6-10-15-21;1-2-4-5-3-1;/h11,16-17,19-21,25H,3-10,12-15,18H2,1-2H3;1-5H;/q-1;-5;. The summed E-state index contributed by atoms with van der Waals surface area (Å²) in [6.45, 7) is 4.67. The summed E-state index contributed by atoms with van der Waals surface area (Å²) in [7, 11) is -1.32. The maximum absolute atomic E-state index is 14.8. The molecule has 0 bridgehead atoms. The third kappa shape index (κ3) is 7.44. The molecule has 2 aliphatic rings. The number of rotatable bonds is 8. The van der Waals surface area contributed by atoms with E-state index in [2.05, 4.69) is 32.0 Å². The minimum absolute atomic E-state index is 0. The van der Waals surface area contributed by atoms with Gasteiger partial charge in [0, 0.05) is 28.4 Å². The van der Waals surface area contributed by atoms with Gasteiger partial charge in [-0.2, -0.15) is 6.07 Å². The first-order valence-corrected chi connectivity index (χ1v) is 16.1. The monoisotopic (exact) mass is 514 g/mol. The summed E-state index contributed by atoms with van der Waals surface area (Å²) < 4.78 is 14.8. The molecule has 2 fully saturated rings. The Morgan fingerprint density at radius 1 is 0.969 bits per heavy atom. The fourth-order valence-corrected chi connectivity index (χ4v) is 11.9. The van der Waals surface area contributed by atoms with Crippen molar-refractivity contribution in [2.24, 2.45) is 0 Å². The predicted octanol–water partition coefficient (Wildman–Crippen LogP) is 9.00. The van der Waals surface area contributed by atoms with E-state index < -0.39 is 7.14 Å². The number of unbranched alkanes of at least 4 members (excludes halogenated alkanes) is 1. The molecule has 0 heterocycles. The van der Waals surface area contributed by atoms with Crippen LogP contribution in [-0.4, -0.2) is 17.5 Å². The zero-order valence-electron chi connectivity index (χ0n) is 20.3. The van der Waals surface area contributed by atoms with Gasteiger partial charge in [-0.05, 0) is 43.9 Å². The first kappa shape index (κ1) is 28.1. The van der Waals surface area contributed by atoms with Crippen LogP contribution in [0.4, 0.5) is 0 Å². The fourth-order valence-electron chi connectivity index (χ4n) is 5.66. The summed E-state index contributed by atoms with van der Waals surface area (Å²) in [5.74, 6) is 0. The SMILES string of the molecule is CCCCPC(C)[c-]1cccc1P(=O)(C1CCCCC1)C1CCCCC1.[Fe].[cH-]1[cH-][cH-][cH-][cH-]1. The van der Waals surface area contributed by atoms with E-state index in [0.717, 1.165) is 8.58 Å². The summed E-state index contributed by atoms with van der Waals surface area (Å²) in [5, 5.41) is 1.33. The van der Waals surface area contributed by atoms with Crippen molar-refractivity contribution in [3.05, 3.63) is 54.1 Å². The summed E-state index contributed by atoms with van der Waals surface area (Å²) in [6, 6.07) is 16.8. The molecule has 2 saturated carbocycles. The minimum atomic E-state index is -2.30. The molecule has 0 radical (unpaired) electrons. The normalized spacial score (nSPS) is 19.3. The van der Waals surface area contributed by atoms with E-state index in [0.29, 0.717) is 17.0 Å². The summed E-state index contributed by atoms with van der Waals surface area (Å²) in [5.41, 5.74) is 3.00. The van der Waals surface area contributed by atoms with Crippen LogP contribution in [-0.2, 0) is 21.6 Å². The van der Waals surface area contributed by atoms with Crippen molar-refractivity contribution in [2.75, 3.05) is 6.16 Å². The molecule has 4 heteroatoms. The Bertz CT molecular complexity index is 715. The van der Waals surface area contributed by atoms with Gasteiger partial charge in [-0.25, -0.2) is 12.1 Å². The van der Waals surface area contributed by atoms with Crippen LogP contribution < -0.4 is 5.30 Å². The molecular weight excluding hydrogens is 470 g/mol. The van der Waals surface area contributed by atoms with E-state index in [1.807, 2.05) is 30.3 Å². The van der Waals surface area contributed by atoms with Gasteiger partial charge in [0.1, 0.15) is 0 Å². The molecule has 4 rings (SSSR count). The minimum Gasteiger partial charge on any atom is -0.748 e. The molecule has 2 aromatic carbocycles. The Labute approximate surface area is 210 Å².